The minimum Gasteiger partial charge on any atom is -0.483 e. The molecule has 1 aromatic heterocycles. The molecule has 6 nitrogen and oxygen atoms in total. The predicted octanol–water partition coefficient (Wildman–Crippen LogP) is 4.08. The molecule has 0 saturated heterocycles. The summed E-state index contributed by atoms with van der Waals surface area (Å²) in [5.41, 5.74) is -0.317. The first-order valence-corrected chi connectivity index (χ1v) is 7.82. The SMILES string of the molecule is Cc1noc(-c2ccccc2OCC(=O)Nc2cccc(C(F)(F)F)c2)n1. The van der Waals surface area contributed by atoms with Crippen LogP contribution < -0.4 is 10.1 Å². The van der Waals surface area contributed by atoms with Crippen molar-refractivity contribution in [1.29, 1.82) is 0 Å². The van der Waals surface area contributed by atoms with Crippen LogP contribution in [0, 0.1) is 6.92 Å². The van der Waals surface area contributed by atoms with Crippen molar-refractivity contribution < 1.29 is 27.2 Å². The molecule has 1 amide bonds. The molecule has 0 aliphatic heterocycles. The Kier molecular flexibility index (Phi) is 5.11. The average Bonchev–Trinajstić information content (AvgIpc) is 3.06. The van der Waals surface area contributed by atoms with E-state index in [4.69, 9.17) is 9.26 Å². The van der Waals surface area contributed by atoms with E-state index in [2.05, 4.69) is 15.5 Å². The standard InChI is InChI=1S/C18H14F3N3O3/c1-11-22-17(27-24-11)14-7-2-3-8-15(14)26-10-16(25)23-13-6-4-5-12(9-13)18(19,20)21/h2-9H,10H2,1H3,(H,23,25). The highest BCUT2D eigenvalue weighted by Crippen LogP contribution is 2.31. The number of hydrogen-bond acceptors (Lipinski definition) is 5. The Morgan fingerprint density at radius 2 is 1.96 bits per heavy atom. The third kappa shape index (κ3) is 4.63. The second kappa shape index (κ2) is 7.48. The Morgan fingerprint density at radius 1 is 1.19 bits per heavy atom. The molecule has 0 spiro atoms. The number of benzene rings is 2. The number of nitrogens with one attached hydrogen (secondary N) is 1. The highest BCUT2D eigenvalue weighted by atomic mass is 19.4. The Hall–Kier alpha value is -3.36. The van der Waals surface area contributed by atoms with Crippen LogP contribution in [0.4, 0.5) is 18.9 Å². The number of carbonyl (C=O) groups is 1. The fraction of sp³-hybridized carbons (Fsp3) is 0.167. The van der Waals surface area contributed by atoms with Crippen molar-refractivity contribution in [1.82, 2.24) is 10.1 Å². The zero-order valence-electron chi connectivity index (χ0n) is 14.1. The number of para-hydroxylation sites is 1. The summed E-state index contributed by atoms with van der Waals surface area (Å²) in [6.45, 7) is 1.26. The lowest BCUT2D eigenvalue weighted by Gasteiger charge is -2.11. The highest BCUT2D eigenvalue weighted by Gasteiger charge is 2.30. The number of anilines is 1. The van der Waals surface area contributed by atoms with Gasteiger partial charge in [0.25, 0.3) is 11.8 Å². The van der Waals surface area contributed by atoms with Gasteiger partial charge >= 0.3 is 6.18 Å². The van der Waals surface area contributed by atoms with Crippen molar-refractivity contribution >= 4 is 11.6 Å². The summed E-state index contributed by atoms with van der Waals surface area (Å²) in [6.07, 6.45) is -4.49. The molecular weight excluding hydrogens is 363 g/mol. The molecule has 0 bridgehead atoms. The molecule has 3 aromatic rings. The monoisotopic (exact) mass is 377 g/mol. The third-order valence-corrected chi connectivity index (χ3v) is 3.48. The fourth-order valence-corrected chi connectivity index (χ4v) is 2.29. The second-order valence-electron chi connectivity index (χ2n) is 5.56. The largest absolute Gasteiger partial charge is 0.483 e. The van der Waals surface area contributed by atoms with Crippen molar-refractivity contribution in [2.75, 3.05) is 11.9 Å². The molecule has 1 N–H and O–H groups in total. The first-order chi connectivity index (χ1) is 12.8. The Bertz CT molecular complexity index is 954. The summed E-state index contributed by atoms with van der Waals surface area (Å²) in [6, 6.07) is 11.1. The molecule has 0 aliphatic carbocycles. The van der Waals surface area contributed by atoms with Gasteiger partial charge in [-0.15, -0.1) is 0 Å². The first-order valence-electron chi connectivity index (χ1n) is 7.82. The summed E-state index contributed by atoms with van der Waals surface area (Å²) in [5.74, 6) is 0.412. The van der Waals surface area contributed by atoms with Gasteiger partial charge in [-0.25, -0.2) is 0 Å². The van der Waals surface area contributed by atoms with Crippen LogP contribution in [0.3, 0.4) is 0 Å². The van der Waals surface area contributed by atoms with Gasteiger partial charge in [-0.05, 0) is 37.3 Å². The van der Waals surface area contributed by atoms with Gasteiger partial charge in [0.15, 0.2) is 12.4 Å². The van der Waals surface area contributed by atoms with Gasteiger partial charge < -0.3 is 14.6 Å². The number of ether oxygens (including phenoxy) is 1. The van der Waals surface area contributed by atoms with E-state index in [1.165, 1.54) is 12.1 Å². The van der Waals surface area contributed by atoms with Gasteiger partial charge in [-0.2, -0.15) is 18.2 Å². The normalized spacial score (nSPS) is 11.3. The van der Waals surface area contributed by atoms with E-state index in [0.29, 0.717) is 17.1 Å². The molecule has 9 heteroatoms. The summed E-state index contributed by atoms with van der Waals surface area (Å²) < 4.78 is 48.7. The van der Waals surface area contributed by atoms with E-state index in [-0.39, 0.29) is 11.6 Å². The minimum absolute atomic E-state index is 0.0271. The lowest BCUT2D eigenvalue weighted by Crippen LogP contribution is -2.20. The van der Waals surface area contributed by atoms with E-state index >= 15 is 0 Å². The number of halogens is 3. The van der Waals surface area contributed by atoms with Crippen LogP contribution in [0.25, 0.3) is 11.5 Å². The first kappa shape index (κ1) is 18.4. The van der Waals surface area contributed by atoms with Crippen LogP contribution >= 0.6 is 0 Å². The van der Waals surface area contributed by atoms with Crippen molar-refractivity contribution in [2.45, 2.75) is 13.1 Å². The Morgan fingerprint density at radius 3 is 2.67 bits per heavy atom. The predicted molar refractivity (Wildman–Crippen MR) is 90.0 cm³/mol. The molecule has 0 fully saturated rings. The number of alkyl halides is 3. The number of rotatable bonds is 5. The zero-order valence-corrected chi connectivity index (χ0v) is 14.1. The molecule has 0 saturated carbocycles. The molecule has 0 radical (unpaired) electrons. The van der Waals surface area contributed by atoms with E-state index in [9.17, 15) is 18.0 Å². The number of amides is 1. The zero-order chi connectivity index (χ0) is 19.4. The maximum absolute atomic E-state index is 12.7. The van der Waals surface area contributed by atoms with E-state index in [1.54, 1.807) is 31.2 Å². The van der Waals surface area contributed by atoms with Crippen LogP contribution in [0.5, 0.6) is 5.75 Å². The fourth-order valence-electron chi connectivity index (χ4n) is 2.29. The van der Waals surface area contributed by atoms with E-state index in [0.717, 1.165) is 12.1 Å². The molecular formula is C18H14F3N3O3. The molecule has 0 unspecified atom stereocenters. The minimum atomic E-state index is -4.49. The van der Waals surface area contributed by atoms with Crippen molar-refractivity contribution in [2.24, 2.45) is 0 Å². The Labute approximate surface area is 152 Å². The number of nitrogens with zero attached hydrogens (tertiary/aromatic N) is 2. The summed E-state index contributed by atoms with van der Waals surface area (Å²) >= 11 is 0. The molecule has 1 heterocycles. The van der Waals surface area contributed by atoms with Gasteiger partial charge in [0.05, 0.1) is 11.1 Å². The summed E-state index contributed by atoms with van der Waals surface area (Å²) in [7, 11) is 0. The van der Waals surface area contributed by atoms with Crippen LogP contribution in [-0.2, 0) is 11.0 Å². The van der Waals surface area contributed by atoms with Crippen molar-refractivity contribution in [3.63, 3.8) is 0 Å². The molecule has 3 rings (SSSR count). The van der Waals surface area contributed by atoms with Crippen molar-refractivity contribution in [3.05, 3.63) is 59.9 Å². The topological polar surface area (TPSA) is 77.2 Å². The number of aromatic nitrogens is 2. The Balaban J connectivity index is 1.67. The lowest BCUT2D eigenvalue weighted by atomic mass is 10.2. The lowest BCUT2D eigenvalue weighted by molar-refractivity contribution is -0.137. The third-order valence-electron chi connectivity index (χ3n) is 3.48. The summed E-state index contributed by atoms with van der Waals surface area (Å²) in [5, 5.41) is 6.07. The molecule has 140 valence electrons. The molecule has 0 aliphatic rings. The second-order valence-corrected chi connectivity index (χ2v) is 5.56. The van der Waals surface area contributed by atoms with Gasteiger partial charge in [0.1, 0.15) is 5.75 Å². The van der Waals surface area contributed by atoms with Gasteiger partial charge in [-0.1, -0.05) is 23.4 Å². The van der Waals surface area contributed by atoms with Crippen LogP contribution in [0.2, 0.25) is 0 Å². The maximum Gasteiger partial charge on any atom is 0.416 e. The maximum atomic E-state index is 12.7. The van der Waals surface area contributed by atoms with E-state index < -0.39 is 24.3 Å². The molecule has 27 heavy (non-hydrogen) atoms. The quantitative estimate of drug-likeness (QED) is 0.725. The van der Waals surface area contributed by atoms with Crippen LogP contribution in [-0.4, -0.2) is 22.7 Å². The average molecular weight is 377 g/mol. The van der Waals surface area contributed by atoms with Gasteiger partial charge in [0.2, 0.25) is 0 Å². The number of aryl methyl sites for hydroxylation is 1. The highest BCUT2D eigenvalue weighted by molar-refractivity contribution is 5.92. The van der Waals surface area contributed by atoms with Gasteiger partial charge in [0, 0.05) is 5.69 Å². The van der Waals surface area contributed by atoms with Gasteiger partial charge in [-0.3, -0.25) is 4.79 Å². The van der Waals surface area contributed by atoms with Crippen LogP contribution in [0.15, 0.2) is 53.1 Å². The smallest absolute Gasteiger partial charge is 0.416 e. The van der Waals surface area contributed by atoms with Crippen LogP contribution in [0.1, 0.15) is 11.4 Å². The van der Waals surface area contributed by atoms with Crippen molar-refractivity contribution in [3.8, 4) is 17.2 Å². The number of carbonyl (C=O) groups excluding carboxylic acids is 1. The summed E-state index contributed by atoms with van der Waals surface area (Å²) in [4.78, 5) is 16.1. The van der Waals surface area contributed by atoms with E-state index in [1.807, 2.05) is 0 Å². The number of hydrogen-bond donors (Lipinski definition) is 1. The molecule has 2 aromatic carbocycles. The molecule has 0 atom stereocenters.